The average molecular weight is 301 g/mol. The van der Waals surface area contributed by atoms with E-state index < -0.39 is 10.0 Å². The predicted octanol–water partition coefficient (Wildman–Crippen LogP) is 1.56. The van der Waals surface area contributed by atoms with Crippen molar-refractivity contribution < 1.29 is 13.2 Å². The van der Waals surface area contributed by atoms with Gasteiger partial charge in [-0.3, -0.25) is 4.98 Å². The van der Waals surface area contributed by atoms with E-state index in [2.05, 4.69) is 10.3 Å². The van der Waals surface area contributed by atoms with Gasteiger partial charge in [0.25, 0.3) is 0 Å². The topological polar surface area (TPSA) is 71.5 Å². The van der Waals surface area contributed by atoms with Crippen LogP contribution in [0.2, 0.25) is 0 Å². The van der Waals surface area contributed by atoms with Crippen LogP contribution in [-0.2, 0) is 14.8 Å². The van der Waals surface area contributed by atoms with Crippen molar-refractivity contribution in [2.24, 2.45) is 0 Å². The molecule has 7 heteroatoms. The van der Waals surface area contributed by atoms with Crippen LogP contribution < -0.4 is 5.32 Å². The number of rotatable bonds is 9. The molecule has 0 radical (unpaired) electrons. The molecule has 0 aromatic carbocycles. The molecule has 0 spiro atoms. The molecular formula is C13H23N3O3S. The molecule has 0 fully saturated rings. The number of nitrogens with one attached hydrogen (secondary N) is 1. The third-order valence-electron chi connectivity index (χ3n) is 2.86. The quantitative estimate of drug-likeness (QED) is 0.701. The number of hydrogen-bond acceptors (Lipinski definition) is 5. The Labute approximate surface area is 121 Å². The van der Waals surface area contributed by atoms with Crippen LogP contribution in [0, 0.1) is 0 Å². The van der Waals surface area contributed by atoms with E-state index in [1.165, 1.54) is 10.5 Å². The van der Waals surface area contributed by atoms with E-state index in [9.17, 15) is 8.42 Å². The molecular weight excluding hydrogens is 278 g/mol. The van der Waals surface area contributed by atoms with Crippen LogP contribution in [0.15, 0.2) is 23.4 Å². The molecule has 1 aromatic heterocycles. The van der Waals surface area contributed by atoms with Crippen molar-refractivity contribution in [2.75, 3.05) is 39.2 Å². The van der Waals surface area contributed by atoms with Crippen molar-refractivity contribution in [3.8, 4) is 0 Å². The first-order valence-electron chi connectivity index (χ1n) is 6.67. The summed E-state index contributed by atoms with van der Waals surface area (Å²) < 4.78 is 31.3. The van der Waals surface area contributed by atoms with Crippen LogP contribution in [0.1, 0.15) is 19.8 Å². The second-order valence-electron chi connectivity index (χ2n) is 4.47. The summed E-state index contributed by atoms with van der Waals surface area (Å²) in [6.45, 7) is 3.70. The third kappa shape index (κ3) is 4.43. The Hall–Kier alpha value is -1.18. The molecule has 0 amide bonds. The van der Waals surface area contributed by atoms with Crippen LogP contribution >= 0.6 is 0 Å². The van der Waals surface area contributed by atoms with Gasteiger partial charge in [-0.2, -0.15) is 0 Å². The maximum atomic E-state index is 12.5. The molecule has 114 valence electrons. The highest BCUT2D eigenvalue weighted by molar-refractivity contribution is 7.89. The summed E-state index contributed by atoms with van der Waals surface area (Å²) in [7, 11) is -0.357. The van der Waals surface area contributed by atoms with Gasteiger partial charge in [-0.15, -0.1) is 0 Å². The van der Waals surface area contributed by atoms with Crippen LogP contribution in [0.25, 0.3) is 0 Å². The van der Waals surface area contributed by atoms with Crippen molar-refractivity contribution in [2.45, 2.75) is 24.7 Å². The second-order valence-corrected chi connectivity index (χ2v) is 6.48. The Bertz CT molecular complexity index is 505. The Morgan fingerprint density at radius 1 is 1.45 bits per heavy atom. The normalized spacial score (nSPS) is 11.8. The SMILES string of the molecule is CCCNc1ccncc1S(=O)(=O)N(C)CCCOC. The molecule has 0 bridgehead atoms. The van der Waals surface area contributed by atoms with Gasteiger partial charge in [-0.05, 0) is 18.9 Å². The summed E-state index contributed by atoms with van der Waals surface area (Å²) in [6, 6.07) is 1.69. The van der Waals surface area contributed by atoms with E-state index in [4.69, 9.17) is 4.74 Å². The number of pyridine rings is 1. The molecule has 6 nitrogen and oxygen atoms in total. The van der Waals surface area contributed by atoms with Gasteiger partial charge in [0.2, 0.25) is 10.0 Å². The summed E-state index contributed by atoms with van der Waals surface area (Å²) in [5, 5.41) is 3.12. The second kappa shape index (κ2) is 8.18. The van der Waals surface area contributed by atoms with Crippen LogP contribution in [-0.4, -0.2) is 51.6 Å². The minimum atomic E-state index is -3.53. The van der Waals surface area contributed by atoms with Gasteiger partial charge in [0, 0.05) is 46.2 Å². The molecule has 1 N–H and O–H groups in total. The van der Waals surface area contributed by atoms with Crippen molar-refractivity contribution in [3.63, 3.8) is 0 Å². The van der Waals surface area contributed by atoms with E-state index in [0.717, 1.165) is 13.0 Å². The Morgan fingerprint density at radius 2 is 2.20 bits per heavy atom. The summed E-state index contributed by atoms with van der Waals surface area (Å²) in [5.74, 6) is 0. The van der Waals surface area contributed by atoms with E-state index in [-0.39, 0.29) is 4.90 Å². The average Bonchev–Trinajstić information content (AvgIpc) is 2.45. The number of sulfonamides is 1. The minimum absolute atomic E-state index is 0.216. The molecule has 0 unspecified atom stereocenters. The van der Waals surface area contributed by atoms with Gasteiger partial charge in [0.15, 0.2) is 0 Å². The molecule has 0 aliphatic heterocycles. The van der Waals surface area contributed by atoms with Crippen molar-refractivity contribution >= 4 is 15.7 Å². The number of methoxy groups -OCH3 is 1. The van der Waals surface area contributed by atoms with Gasteiger partial charge in [-0.1, -0.05) is 6.92 Å². The lowest BCUT2D eigenvalue weighted by atomic mass is 10.4. The lowest BCUT2D eigenvalue weighted by molar-refractivity contribution is 0.189. The van der Waals surface area contributed by atoms with Gasteiger partial charge in [0.1, 0.15) is 4.90 Å². The fourth-order valence-corrected chi connectivity index (χ4v) is 3.03. The fraction of sp³-hybridized carbons (Fsp3) is 0.615. The molecule has 0 atom stereocenters. The molecule has 1 rings (SSSR count). The third-order valence-corrected chi connectivity index (χ3v) is 4.74. The smallest absolute Gasteiger partial charge is 0.246 e. The van der Waals surface area contributed by atoms with Crippen LogP contribution in [0.3, 0.4) is 0 Å². The molecule has 0 aliphatic carbocycles. The zero-order valence-electron chi connectivity index (χ0n) is 12.3. The van der Waals surface area contributed by atoms with Gasteiger partial charge in [0.05, 0.1) is 5.69 Å². The van der Waals surface area contributed by atoms with Crippen molar-refractivity contribution in [1.29, 1.82) is 0 Å². The van der Waals surface area contributed by atoms with Gasteiger partial charge >= 0.3 is 0 Å². The van der Waals surface area contributed by atoms with E-state index >= 15 is 0 Å². The Balaban J connectivity index is 2.90. The summed E-state index contributed by atoms with van der Waals surface area (Å²) in [5.41, 5.74) is 0.598. The predicted molar refractivity (Wildman–Crippen MR) is 79.3 cm³/mol. The highest BCUT2D eigenvalue weighted by Gasteiger charge is 2.23. The summed E-state index contributed by atoms with van der Waals surface area (Å²) >= 11 is 0. The van der Waals surface area contributed by atoms with E-state index in [1.54, 1.807) is 26.4 Å². The summed E-state index contributed by atoms with van der Waals surface area (Å²) in [6.07, 6.45) is 4.55. The zero-order valence-corrected chi connectivity index (χ0v) is 13.1. The number of anilines is 1. The van der Waals surface area contributed by atoms with Crippen molar-refractivity contribution in [3.05, 3.63) is 18.5 Å². The van der Waals surface area contributed by atoms with E-state index in [0.29, 0.717) is 25.3 Å². The first-order valence-corrected chi connectivity index (χ1v) is 8.11. The van der Waals surface area contributed by atoms with Crippen LogP contribution in [0.5, 0.6) is 0 Å². The van der Waals surface area contributed by atoms with E-state index in [1.807, 2.05) is 6.92 Å². The molecule has 0 saturated heterocycles. The largest absolute Gasteiger partial charge is 0.385 e. The van der Waals surface area contributed by atoms with Crippen LogP contribution in [0.4, 0.5) is 5.69 Å². The maximum absolute atomic E-state index is 12.5. The Kier molecular flexibility index (Phi) is 6.90. The number of ether oxygens (including phenoxy) is 1. The zero-order chi connectivity index (χ0) is 15.0. The number of aromatic nitrogens is 1. The maximum Gasteiger partial charge on any atom is 0.246 e. The number of hydrogen-bond donors (Lipinski definition) is 1. The molecule has 20 heavy (non-hydrogen) atoms. The van der Waals surface area contributed by atoms with Crippen molar-refractivity contribution in [1.82, 2.24) is 9.29 Å². The molecule has 1 heterocycles. The molecule has 0 saturated carbocycles. The highest BCUT2D eigenvalue weighted by atomic mass is 32.2. The number of nitrogens with zero attached hydrogens (tertiary/aromatic N) is 2. The molecule has 1 aromatic rings. The Morgan fingerprint density at radius 3 is 2.85 bits per heavy atom. The minimum Gasteiger partial charge on any atom is -0.385 e. The summed E-state index contributed by atoms with van der Waals surface area (Å²) in [4.78, 5) is 4.14. The van der Waals surface area contributed by atoms with Gasteiger partial charge in [-0.25, -0.2) is 12.7 Å². The first-order chi connectivity index (χ1) is 9.54. The standard InChI is InChI=1S/C13H23N3O3S/c1-4-7-15-12-6-8-14-11-13(12)20(17,18)16(2)9-5-10-19-3/h6,8,11H,4-5,7,9-10H2,1-3H3,(H,14,15). The highest BCUT2D eigenvalue weighted by Crippen LogP contribution is 2.22. The lowest BCUT2D eigenvalue weighted by Gasteiger charge is -2.19. The fourth-order valence-electron chi connectivity index (χ4n) is 1.71. The molecule has 0 aliphatic rings. The lowest BCUT2D eigenvalue weighted by Crippen LogP contribution is -2.29. The monoisotopic (exact) mass is 301 g/mol. The van der Waals surface area contributed by atoms with Gasteiger partial charge < -0.3 is 10.1 Å². The first kappa shape index (κ1) is 16.9.